The van der Waals surface area contributed by atoms with Crippen LogP contribution in [0, 0.1) is 5.41 Å². The second-order valence-corrected chi connectivity index (χ2v) is 11.1. The highest BCUT2D eigenvalue weighted by molar-refractivity contribution is 6.08. The highest BCUT2D eigenvalue weighted by atomic mass is 14.9. The number of hydrogen-bond donors (Lipinski definition) is 1. The summed E-state index contributed by atoms with van der Waals surface area (Å²) in [6.45, 7) is 3.79. The third kappa shape index (κ3) is 5.70. The topological polar surface area (TPSA) is 49.6 Å². The van der Waals surface area contributed by atoms with Crippen LogP contribution in [-0.2, 0) is 0 Å². The standard InChI is InChI=1S/C43H31N3/c1-2-9-38(28-44)32-18-24-36(25-19-32)42-41(35-20-16-31(17-21-35)30-10-4-3-5-11-30)29-45-43(46-42)37-26-22-34(23-27-37)40-15-8-13-33-12-6-7-14-39(33)40/h2-29,44H,1H2/b38-9+,44-28?. The maximum atomic E-state index is 7.82. The number of hydrogen-bond acceptors (Lipinski definition) is 3. The van der Waals surface area contributed by atoms with Gasteiger partial charge in [0.1, 0.15) is 0 Å². The lowest BCUT2D eigenvalue weighted by Gasteiger charge is -2.13. The van der Waals surface area contributed by atoms with E-state index in [4.69, 9.17) is 15.4 Å². The first-order valence-electron chi connectivity index (χ1n) is 15.3. The third-order valence-corrected chi connectivity index (χ3v) is 8.28. The molecule has 7 aromatic rings. The molecule has 0 radical (unpaired) electrons. The van der Waals surface area contributed by atoms with Crippen molar-refractivity contribution in [3.05, 3.63) is 176 Å². The summed E-state index contributed by atoms with van der Waals surface area (Å²) < 4.78 is 0. The Morgan fingerprint density at radius 1 is 0.543 bits per heavy atom. The number of nitrogens with zero attached hydrogens (tertiary/aromatic N) is 2. The van der Waals surface area contributed by atoms with Gasteiger partial charge >= 0.3 is 0 Å². The highest BCUT2D eigenvalue weighted by Crippen LogP contribution is 2.35. The molecule has 3 heteroatoms. The largest absolute Gasteiger partial charge is 0.308 e. The van der Waals surface area contributed by atoms with Gasteiger partial charge in [0.05, 0.1) is 5.69 Å². The molecular formula is C43H31N3. The number of aromatic nitrogens is 2. The zero-order valence-corrected chi connectivity index (χ0v) is 25.3. The maximum absolute atomic E-state index is 7.82. The van der Waals surface area contributed by atoms with Gasteiger partial charge in [0.25, 0.3) is 0 Å². The zero-order valence-electron chi connectivity index (χ0n) is 25.3. The molecule has 0 aliphatic heterocycles. The van der Waals surface area contributed by atoms with Gasteiger partial charge in [0.15, 0.2) is 5.82 Å². The van der Waals surface area contributed by atoms with Crippen LogP contribution in [-0.4, -0.2) is 16.2 Å². The fourth-order valence-corrected chi connectivity index (χ4v) is 5.88. The Morgan fingerprint density at radius 2 is 1.13 bits per heavy atom. The fraction of sp³-hybridized carbons (Fsp3) is 0. The van der Waals surface area contributed by atoms with Crippen LogP contribution in [0.2, 0.25) is 0 Å². The molecule has 46 heavy (non-hydrogen) atoms. The fourth-order valence-electron chi connectivity index (χ4n) is 5.88. The van der Waals surface area contributed by atoms with E-state index in [9.17, 15) is 0 Å². The van der Waals surface area contributed by atoms with Gasteiger partial charge in [-0.25, -0.2) is 9.97 Å². The smallest absolute Gasteiger partial charge is 0.159 e. The lowest BCUT2D eigenvalue weighted by Crippen LogP contribution is -1.97. The highest BCUT2D eigenvalue weighted by Gasteiger charge is 2.14. The van der Waals surface area contributed by atoms with Crippen molar-refractivity contribution in [2.45, 2.75) is 0 Å². The van der Waals surface area contributed by atoms with Crippen molar-refractivity contribution in [3.8, 4) is 56.0 Å². The van der Waals surface area contributed by atoms with Gasteiger partial charge in [0, 0.05) is 29.1 Å². The van der Waals surface area contributed by atoms with E-state index in [-0.39, 0.29) is 0 Å². The molecule has 6 aromatic carbocycles. The summed E-state index contributed by atoms with van der Waals surface area (Å²) in [5, 5.41) is 10.3. The summed E-state index contributed by atoms with van der Waals surface area (Å²) in [6, 6.07) is 50.5. The average Bonchev–Trinajstić information content (AvgIpc) is 3.14. The first-order chi connectivity index (χ1) is 22.7. The molecular weight excluding hydrogens is 558 g/mol. The monoisotopic (exact) mass is 589 g/mol. The van der Waals surface area contributed by atoms with Crippen LogP contribution in [0.1, 0.15) is 5.56 Å². The second-order valence-electron chi connectivity index (χ2n) is 11.1. The molecule has 0 unspecified atom stereocenters. The summed E-state index contributed by atoms with van der Waals surface area (Å²) in [5.41, 5.74) is 11.2. The number of benzene rings is 6. The van der Waals surface area contributed by atoms with E-state index < -0.39 is 0 Å². The van der Waals surface area contributed by atoms with Gasteiger partial charge < -0.3 is 5.41 Å². The van der Waals surface area contributed by atoms with E-state index in [2.05, 4.69) is 134 Å². The summed E-state index contributed by atoms with van der Waals surface area (Å²) in [7, 11) is 0. The van der Waals surface area contributed by atoms with Gasteiger partial charge in [-0.05, 0) is 49.7 Å². The first-order valence-corrected chi connectivity index (χ1v) is 15.3. The molecule has 0 amide bonds. The predicted octanol–water partition coefficient (Wildman–Crippen LogP) is 11.2. The Labute approximate surface area is 269 Å². The quantitative estimate of drug-likeness (QED) is 0.142. The van der Waals surface area contributed by atoms with Gasteiger partial charge in [0.2, 0.25) is 0 Å². The minimum Gasteiger partial charge on any atom is -0.308 e. The lowest BCUT2D eigenvalue weighted by atomic mass is 9.96. The van der Waals surface area contributed by atoms with E-state index in [1.165, 1.54) is 28.1 Å². The van der Waals surface area contributed by atoms with Crippen molar-refractivity contribution in [2.75, 3.05) is 0 Å². The molecule has 1 aromatic heterocycles. The Balaban J connectivity index is 1.29. The van der Waals surface area contributed by atoms with Crippen LogP contribution in [0.4, 0.5) is 0 Å². The number of allylic oxidation sites excluding steroid dienone is 3. The van der Waals surface area contributed by atoms with E-state index in [0.717, 1.165) is 50.2 Å². The number of rotatable bonds is 8. The van der Waals surface area contributed by atoms with Crippen LogP contribution in [0.15, 0.2) is 171 Å². The van der Waals surface area contributed by atoms with Gasteiger partial charge in [-0.2, -0.15) is 0 Å². The van der Waals surface area contributed by atoms with Crippen molar-refractivity contribution in [3.63, 3.8) is 0 Å². The Bertz CT molecular complexity index is 2190. The van der Waals surface area contributed by atoms with Crippen molar-refractivity contribution in [1.82, 2.24) is 9.97 Å². The molecule has 3 nitrogen and oxygen atoms in total. The Kier molecular flexibility index (Phi) is 7.96. The molecule has 0 saturated carbocycles. The summed E-state index contributed by atoms with van der Waals surface area (Å²) >= 11 is 0. The molecule has 0 fully saturated rings. The Hall–Kier alpha value is -6.19. The van der Waals surface area contributed by atoms with Crippen molar-refractivity contribution < 1.29 is 0 Å². The van der Waals surface area contributed by atoms with Gasteiger partial charge in [-0.3, -0.25) is 0 Å². The SMILES string of the molecule is C=C/C=C(\C=N)c1ccc(-c2nc(-c3ccc(-c4cccc5ccccc45)cc3)ncc2-c2ccc(-c3ccccc3)cc2)cc1. The maximum Gasteiger partial charge on any atom is 0.159 e. The molecule has 0 aliphatic rings. The van der Waals surface area contributed by atoms with E-state index in [1.54, 1.807) is 6.08 Å². The molecule has 0 atom stereocenters. The molecule has 0 aliphatic carbocycles. The lowest BCUT2D eigenvalue weighted by molar-refractivity contribution is 1.18. The van der Waals surface area contributed by atoms with E-state index in [1.807, 2.05) is 30.5 Å². The number of nitrogens with one attached hydrogen (secondary N) is 1. The molecule has 7 rings (SSSR count). The predicted molar refractivity (Wildman–Crippen MR) is 194 cm³/mol. The zero-order chi connectivity index (χ0) is 31.3. The van der Waals surface area contributed by atoms with Gasteiger partial charge in [-0.15, -0.1) is 0 Å². The molecule has 0 bridgehead atoms. The van der Waals surface area contributed by atoms with E-state index >= 15 is 0 Å². The summed E-state index contributed by atoms with van der Waals surface area (Å²) in [4.78, 5) is 10.0. The normalized spacial score (nSPS) is 11.3. The number of fused-ring (bicyclic) bond motifs is 1. The first kappa shape index (κ1) is 28.6. The van der Waals surface area contributed by atoms with Crippen LogP contribution in [0.25, 0.3) is 72.4 Å². The molecule has 218 valence electrons. The molecule has 0 saturated heterocycles. The molecule has 1 heterocycles. The molecule has 0 spiro atoms. The average molecular weight is 590 g/mol. The molecule has 1 N–H and O–H groups in total. The minimum absolute atomic E-state index is 0.667. The summed E-state index contributed by atoms with van der Waals surface area (Å²) in [6.07, 6.45) is 6.82. The van der Waals surface area contributed by atoms with Gasteiger partial charge in [-0.1, -0.05) is 164 Å². The van der Waals surface area contributed by atoms with Crippen LogP contribution in [0.3, 0.4) is 0 Å². The van der Waals surface area contributed by atoms with Crippen molar-refractivity contribution >= 4 is 22.6 Å². The van der Waals surface area contributed by atoms with Crippen molar-refractivity contribution in [1.29, 1.82) is 5.41 Å². The summed E-state index contributed by atoms with van der Waals surface area (Å²) in [5.74, 6) is 0.667. The second kappa shape index (κ2) is 12.8. The van der Waals surface area contributed by atoms with Crippen LogP contribution in [0.5, 0.6) is 0 Å². The minimum atomic E-state index is 0.667. The Morgan fingerprint density at radius 3 is 1.85 bits per heavy atom. The van der Waals surface area contributed by atoms with Crippen molar-refractivity contribution in [2.24, 2.45) is 0 Å². The van der Waals surface area contributed by atoms with Crippen LogP contribution < -0.4 is 0 Å². The third-order valence-electron chi connectivity index (χ3n) is 8.28. The van der Waals surface area contributed by atoms with E-state index in [0.29, 0.717) is 5.82 Å². The van der Waals surface area contributed by atoms with Crippen LogP contribution >= 0.6 is 0 Å².